The van der Waals surface area contributed by atoms with Gasteiger partial charge in [0.15, 0.2) is 40.0 Å². The van der Waals surface area contributed by atoms with Gasteiger partial charge >= 0.3 is 23.9 Å². The lowest BCUT2D eigenvalue weighted by molar-refractivity contribution is -0.164. The van der Waals surface area contributed by atoms with Crippen molar-refractivity contribution in [3.05, 3.63) is 62.7 Å². The maximum atomic E-state index is 15.4. The number of esters is 4. The number of aliphatic hydroxyl groups is 1. The van der Waals surface area contributed by atoms with Gasteiger partial charge < -0.3 is 48.3 Å². The lowest BCUT2D eigenvalue weighted by atomic mass is 9.74. The third-order valence-electron chi connectivity index (χ3n) is 19.1. The minimum atomic E-state index is -1.44. The number of unbranched alkanes of at least 4 members (excludes halogenated alkanes) is 24. The number of thioether (sulfide) groups is 1. The summed E-state index contributed by atoms with van der Waals surface area (Å²) in [5.74, 6) is 0.961. The Balaban J connectivity index is 0.977. The summed E-state index contributed by atoms with van der Waals surface area (Å²) in [5, 5.41) is 19.7. The number of fused-ring (bicyclic) bond motifs is 9. The SMILES string of the molecule is CCCCCCCCCCCCCCCC(=O)Oc1cc2c(cc1OC)[C@@]1(CS[C@@H]3c4c(OC(C)=O)c(C)c5c(c4[C@H](COC1=O)N1C3[C@@H]3N[C@@H](Cc4cc(C)c(OC)c(OC(=O)CCCCCCCCCCCCCCC)c43)[C@@H]1O)OCO5)NCC2. The van der Waals surface area contributed by atoms with Gasteiger partial charge in [-0.25, -0.2) is 4.79 Å². The Morgan fingerprint density at radius 3 is 1.80 bits per heavy atom. The number of hydrogen-bond donors (Lipinski definition) is 3. The molecule has 7 aliphatic heterocycles. The van der Waals surface area contributed by atoms with Crippen molar-refractivity contribution in [1.82, 2.24) is 15.5 Å². The highest BCUT2D eigenvalue weighted by Gasteiger charge is 2.60. The summed E-state index contributed by atoms with van der Waals surface area (Å²) in [6.45, 7) is 9.76. The van der Waals surface area contributed by atoms with Crippen LogP contribution in [0.2, 0.25) is 0 Å². The quantitative estimate of drug-likeness (QED) is 0.0296. The van der Waals surface area contributed by atoms with Gasteiger partial charge in [0.25, 0.3) is 0 Å². The highest BCUT2D eigenvalue weighted by Crippen LogP contribution is 2.63. The largest absolute Gasteiger partial charge is 0.493 e. The van der Waals surface area contributed by atoms with Crippen molar-refractivity contribution < 1.29 is 62.2 Å². The van der Waals surface area contributed by atoms with E-state index in [4.69, 9.17) is 37.9 Å². The molecule has 1 unspecified atom stereocenters. The maximum absolute atomic E-state index is 15.4. The molecule has 17 heteroatoms. The fraction of sp³-hybridized carbons (Fsp3) is 0.686. The monoisotopic (exact) mass is 1220 g/mol. The van der Waals surface area contributed by atoms with Gasteiger partial charge in [0, 0.05) is 60.4 Å². The molecular weight excluding hydrogens is 1120 g/mol. The predicted molar refractivity (Wildman–Crippen MR) is 339 cm³/mol. The average molecular weight is 1220 g/mol. The van der Waals surface area contributed by atoms with Crippen molar-refractivity contribution in [1.29, 1.82) is 0 Å². The van der Waals surface area contributed by atoms with Gasteiger partial charge in [-0.1, -0.05) is 174 Å². The molecule has 2 saturated heterocycles. The Morgan fingerprint density at radius 2 is 1.23 bits per heavy atom. The van der Waals surface area contributed by atoms with Crippen LogP contribution in [0.1, 0.15) is 262 Å². The number of nitrogens with one attached hydrogen (secondary N) is 2. The third kappa shape index (κ3) is 15.4. The average Bonchev–Trinajstić information content (AvgIpc) is 1.44. The van der Waals surface area contributed by atoms with E-state index in [2.05, 4.69) is 30.5 Å². The van der Waals surface area contributed by atoms with Gasteiger partial charge in [0.2, 0.25) is 6.79 Å². The molecule has 480 valence electrons. The minimum absolute atomic E-state index is 0.0851. The molecule has 4 bridgehead atoms. The maximum Gasteiger partial charge on any atom is 0.331 e. The predicted octanol–water partition coefficient (Wildman–Crippen LogP) is 14.4. The van der Waals surface area contributed by atoms with Gasteiger partial charge in [-0.3, -0.25) is 24.6 Å². The molecule has 0 aromatic heterocycles. The van der Waals surface area contributed by atoms with Crippen LogP contribution in [0.25, 0.3) is 0 Å². The summed E-state index contributed by atoms with van der Waals surface area (Å²) in [6.07, 6.45) is 31.7. The van der Waals surface area contributed by atoms with Crippen molar-refractivity contribution in [2.75, 3.05) is 39.9 Å². The molecule has 7 atom stereocenters. The van der Waals surface area contributed by atoms with Crippen molar-refractivity contribution in [3.63, 3.8) is 0 Å². The lowest BCUT2D eigenvalue weighted by Crippen LogP contribution is -2.70. The van der Waals surface area contributed by atoms with E-state index in [0.717, 1.165) is 60.8 Å². The molecular formula is C70H101N3O13S. The number of carbonyl (C=O) groups is 4. The highest BCUT2D eigenvalue weighted by atomic mass is 32.2. The van der Waals surface area contributed by atoms with Crippen molar-refractivity contribution in [2.45, 2.75) is 268 Å². The number of ether oxygens (including phenoxy) is 8. The van der Waals surface area contributed by atoms with Crippen LogP contribution in [-0.4, -0.2) is 92.1 Å². The minimum Gasteiger partial charge on any atom is -0.493 e. The fourth-order valence-electron chi connectivity index (χ4n) is 14.7. The van der Waals surface area contributed by atoms with E-state index in [1.165, 1.54) is 148 Å². The van der Waals surface area contributed by atoms with Crippen LogP contribution in [0.15, 0.2) is 18.2 Å². The standard InChI is InChI=1S/C70H101N3O13S/c1-8-10-12-14-16-18-20-22-24-26-28-30-32-34-55(75)85-54-40-48-36-37-71-70(50(48)41-53(54)79-6)43-87-67-59-58(65-64(82-44-83-65)46(4)63(59)84-47(5)74)52(42-81-69(70)78)73-61(67)60-57-49(39-51(72-60)68(73)77)38-45(3)62(80-7)66(57)86-56(76)35-33-31-29-27-25-23-21-19-17-15-13-11-9-2/h38,40-41,51-52,60-61,67-68,71-72,77H,8-37,39,42-44H2,1-7H3/t51-,52-,60+,61?,67+,68-,70+/m0/s1. The molecule has 0 saturated carbocycles. The molecule has 87 heavy (non-hydrogen) atoms. The van der Waals surface area contributed by atoms with Crippen LogP contribution < -0.4 is 43.8 Å². The molecule has 0 aliphatic carbocycles. The van der Waals surface area contributed by atoms with E-state index in [1.54, 1.807) is 13.2 Å². The number of aryl methyl sites for hydroxylation is 1. The summed E-state index contributed by atoms with van der Waals surface area (Å²) in [6, 6.07) is 3.11. The molecule has 0 amide bonds. The molecule has 16 nitrogen and oxygen atoms in total. The second-order valence-electron chi connectivity index (χ2n) is 25.4. The summed E-state index contributed by atoms with van der Waals surface area (Å²) < 4.78 is 50.2. The van der Waals surface area contributed by atoms with Crippen molar-refractivity contribution >= 4 is 35.6 Å². The third-order valence-corrected chi connectivity index (χ3v) is 20.6. The molecule has 3 aromatic carbocycles. The van der Waals surface area contributed by atoms with Crippen LogP contribution in [0, 0.1) is 13.8 Å². The van der Waals surface area contributed by atoms with Crippen molar-refractivity contribution in [3.8, 4) is 40.2 Å². The fourth-order valence-corrected chi connectivity index (χ4v) is 16.4. The van der Waals surface area contributed by atoms with Gasteiger partial charge in [0.05, 0.1) is 37.6 Å². The number of hydrogen-bond acceptors (Lipinski definition) is 17. The molecule has 3 N–H and O–H groups in total. The second kappa shape index (κ2) is 32.1. The first-order chi connectivity index (χ1) is 42.3. The normalized spacial score (nSPS) is 22.4. The first kappa shape index (κ1) is 66.4. The van der Waals surface area contributed by atoms with Gasteiger partial charge in [-0.15, -0.1) is 11.8 Å². The molecule has 3 aromatic rings. The lowest BCUT2D eigenvalue weighted by Gasteiger charge is -2.59. The molecule has 0 radical (unpaired) electrons. The number of methoxy groups -OCH3 is 2. The Kier molecular flexibility index (Phi) is 24.5. The van der Waals surface area contributed by atoms with E-state index in [1.807, 2.05) is 24.8 Å². The Hall–Kier alpha value is -5.07. The van der Waals surface area contributed by atoms with E-state index in [-0.39, 0.29) is 43.9 Å². The summed E-state index contributed by atoms with van der Waals surface area (Å²) in [7, 11) is 3.12. The van der Waals surface area contributed by atoms with Crippen LogP contribution in [0.4, 0.5) is 0 Å². The zero-order chi connectivity index (χ0) is 61.5. The number of carbonyl (C=O) groups excluding carboxylic acids is 4. The van der Waals surface area contributed by atoms with E-state index in [9.17, 15) is 19.5 Å². The molecule has 2 fully saturated rings. The Bertz CT molecular complexity index is 2840. The topological polar surface area (TPSA) is 190 Å². The number of piperazine rings is 1. The summed E-state index contributed by atoms with van der Waals surface area (Å²) >= 11 is 1.48. The zero-order valence-electron chi connectivity index (χ0n) is 53.4. The van der Waals surface area contributed by atoms with Crippen LogP contribution in [0.5, 0.6) is 40.2 Å². The molecule has 7 aliphatic rings. The van der Waals surface area contributed by atoms with E-state index < -0.39 is 53.1 Å². The Labute approximate surface area is 522 Å². The molecule has 7 heterocycles. The highest BCUT2D eigenvalue weighted by molar-refractivity contribution is 7.99. The Morgan fingerprint density at radius 1 is 0.655 bits per heavy atom. The van der Waals surface area contributed by atoms with Crippen LogP contribution in [-0.2, 0) is 42.3 Å². The second-order valence-corrected chi connectivity index (χ2v) is 26.5. The van der Waals surface area contributed by atoms with Crippen molar-refractivity contribution in [2.24, 2.45) is 0 Å². The van der Waals surface area contributed by atoms with E-state index >= 15 is 4.79 Å². The number of aliphatic hydroxyl groups excluding tert-OH is 1. The summed E-state index contributed by atoms with van der Waals surface area (Å²) in [4.78, 5) is 58.4. The molecule has 10 rings (SSSR count). The van der Waals surface area contributed by atoms with Gasteiger partial charge in [0.1, 0.15) is 18.6 Å². The number of rotatable bonds is 33. The molecule has 1 spiro atoms. The smallest absolute Gasteiger partial charge is 0.331 e. The van der Waals surface area contributed by atoms with Gasteiger partial charge in [-0.05, 0) is 73.9 Å². The number of benzene rings is 3. The van der Waals surface area contributed by atoms with Gasteiger partial charge in [-0.2, -0.15) is 0 Å². The zero-order valence-corrected chi connectivity index (χ0v) is 54.3. The van der Waals surface area contributed by atoms with E-state index in [0.29, 0.717) is 88.3 Å². The first-order valence-corrected chi connectivity index (χ1v) is 34.6. The van der Waals surface area contributed by atoms with Crippen LogP contribution in [0.3, 0.4) is 0 Å². The number of nitrogens with zero attached hydrogens (tertiary/aromatic N) is 1. The first-order valence-electron chi connectivity index (χ1n) is 33.6. The van der Waals surface area contributed by atoms with Crippen LogP contribution >= 0.6 is 11.8 Å². The summed E-state index contributed by atoms with van der Waals surface area (Å²) in [5.41, 5.74) is 4.32.